The summed E-state index contributed by atoms with van der Waals surface area (Å²) in [4.78, 5) is 9.39. The summed E-state index contributed by atoms with van der Waals surface area (Å²) in [5.74, 6) is 0.182. The quantitative estimate of drug-likeness (QED) is 0.207. The van der Waals surface area contributed by atoms with Crippen molar-refractivity contribution >= 4 is 13.2 Å². The number of hydrogen-bond donors (Lipinski definition) is 3. The molecule has 0 radical (unpaired) electrons. The maximum Gasteiger partial charge on any atom is 0.201 e. The first-order valence-corrected chi connectivity index (χ1v) is 6.17. The van der Waals surface area contributed by atoms with Crippen molar-refractivity contribution in [2.75, 3.05) is 12.3 Å². The van der Waals surface area contributed by atoms with Gasteiger partial charge in [-0.2, -0.15) is 0 Å². The average Bonchev–Trinajstić information content (AvgIpc) is 1.98. The van der Waals surface area contributed by atoms with Crippen LogP contribution in [0.15, 0.2) is 5.16 Å². The standard InChI is InChI=1S/C7H17N2O3P/c1-6(2)5-13(11,12)4-3-7(8)9-10/h6,10H,3-5H2,1-2H3,(H2,8,9)(H,11,12). The van der Waals surface area contributed by atoms with Gasteiger partial charge in [-0.15, -0.1) is 0 Å². The predicted molar refractivity (Wildman–Crippen MR) is 52.4 cm³/mol. The third-order valence-electron chi connectivity index (χ3n) is 1.50. The molecule has 0 rings (SSSR count). The molecule has 0 aromatic heterocycles. The lowest BCUT2D eigenvalue weighted by Gasteiger charge is -2.12. The van der Waals surface area contributed by atoms with Crippen LogP contribution in [0.4, 0.5) is 0 Å². The summed E-state index contributed by atoms with van der Waals surface area (Å²) < 4.78 is 11.4. The maximum absolute atomic E-state index is 11.4. The number of nitrogens with two attached hydrogens (primary N) is 1. The zero-order chi connectivity index (χ0) is 10.5. The molecule has 6 heteroatoms. The van der Waals surface area contributed by atoms with E-state index in [1.165, 1.54) is 0 Å². The van der Waals surface area contributed by atoms with E-state index in [-0.39, 0.29) is 30.5 Å². The second-order valence-electron chi connectivity index (χ2n) is 3.49. The van der Waals surface area contributed by atoms with E-state index < -0.39 is 7.37 Å². The summed E-state index contributed by atoms with van der Waals surface area (Å²) in [6, 6.07) is 0. The Morgan fingerprint density at radius 1 is 1.62 bits per heavy atom. The summed E-state index contributed by atoms with van der Waals surface area (Å²) in [5, 5.41) is 10.9. The van der Waals surface area contributed by atoms with Crippen molar-refractivity contribution in [3.05, 3.63) is 0 Å². The highest BCUT2D eigenvalue weighted by Crippen LogP contribution is 2.42. The first-order chi connectivity index (χ1) is 5.87. The van der Waals surface area contributed by atoms with Gasteiger partial charge in [0.2, 0.25) is 7.37 Å². The molecule has 13 heavy (non-hydrogen) atoms. The highest BCUT2D eigenvalue weighted by molar-refractivity contribution is 7.58. The van der Waals surface area contributed by atoms with Crippen LogP contribution in [0, 0.1) is 5.92 Å². The van der Waals surface area contributed by atoms with Crippen LogP contribution in [-0.4, -0.2) is 28.3 Å². The summed E-state index contributed by atoms with van der Waals surface area (Å²) in [6.07, 6.45) is 0.532. The summed E-state index contributed by atoms with van der Waals surface area (Å²) in [6.45, 7) is 3.76. The van der Waals surface area contributed by atoms with E-state index in [4.69, 9.17) is 10.9 Å². The molecule has 0 amide bonds. The Hall–Kier alpha value is -0.540. The number of rotatable bonds is 5. The van der Waals surface area contributed by atoms with Crippen LogP contribution in [-0.2, 0) is 4.57 Å². The second-order valence-corrected chi connectivity index (χ2v) is 5.99. The summed E-state index contributed by atoms with van der Waals surface area (Å²) in [5.41, 5.74) is 5.18. The molecule has 0 aromatic carbocycles. The Morgan fingerprint density at radius 2 is 2.15 bits per heavy atom. The van der Waals surface area contributed by atoms with Gasteiger partial charge in [0.1, 0.15) is 5.84 Å². The third kappa shape index (κ3) is 6.61. The van der Waals surface area contributed by atoms with Crippen molar-refractivity contribution in [2.24, 2.45) is 16.8 Å². The van der Waals surface area contributed by atoms with Crippen LogP contribution in [0.5, 0.6) is 0 Å². The molecule has 0 fully saturated rings. The summed E-state index contributed by atoms with van der Waals surface area (Å²) >= 11 is 0. The van der Waals surface area contributed by atoms with Crippen molar-refractivity contribution in [1.82, 2.24) is 0 Å². The number of hydrogen-bond acceptors (Lipinski definition) is 3. The fourth-order valence-electron chi connectivity index (χ4n) is 1.00. The van der Waals surface area contributed by atoms with E-state index in [0.29, 0.717) is 0 Å². The molecule has 0 bridgehead atoms. The van der Waals surface area contributed by atoms with E-state index in [0.717, 1.165) is 0 Å². The normalized spacial score (nSPS) is 17.4. The van der Waals surface area contributed by atoms with Gasteiger partial charge in [0.25, 0.3) is 0 Å². The highest BCUT2D eigenvalue weighted by atomic mass is 31.2. The van der Waals surface area contributed by atoms with Gasteiger partial charge in [0, 0.05) is 18.7 Å². The lowest BCUT2D eigenvalue weighted by atomic mass is 10.3. The fraction of sp³-hybridized carbons (Fsp3) is 0.857. The van der Waals surface area contributed by atoms with Gasteiger partial charge >= 0.3 is 0 Å². The second kappa shape index (κ2) is 5.25. The minimum atomic E-state index is -3.09. The molecule has 0 aliphatic heterocycles. The lowest BCUT2D eigenvalue weighted by Crippen LogP contribution is -2.14. The first kappa shape index (κ1) is 12.5. The van der Waals surface area contributed by atoms with E-state index in [9.17, 15) is 9.46 Å². The van der Waals surface area contributed by atoms with Crippen LogP contribution in [0.3, 0.4) is 0 Å². The molecule has 1 atom stereocenters. The maximum atomic E-state index is 11.4. The largest absolute Gasteiger partial charge is 0.409 e. The zero-order valence-corrected chi connectivity index (χ0v) is 8.87. The highest BCUT2D eigenvalue weighted by Gasteiger charge is 2.19. The van der Waals surface area contributed by atoms with Crippen LogP contribution < -0.4 is 5.73 Å². The summed E-state index contributed by atoms with van der Waals surface area (Å²) in [7, 11) is -3.09. The Morgan fingerprint density at radius 3 is 2.54 bits per heavy atom. The molecule has 0 heterocycles. The van der Waals surface area contributed by atoms with Crippen molar-refractivity contribution in [2.45, 2.75) is 20.3 Å². The monoisotopic (exact) mass is 208 g/mol. The molecule has 78 valence electrons. The van der Waals surface area contributed by atoms with Gasteiger partial charge < -0.3 is 15.8 Å². The number of amidine groups is 1. The molecule has 0 saturated carbocycles. The van der Waals surface area contributed by atoms with E-state index in [2.05, 4.69) is 5.16 Å². The van der Waals surface area contributed by atoms with Gasteiger partial charge in [-0.1, -0.05) is 19.0 Å². The molecular weight excluding hydrogens is 191 g/mol. The Balaban J connectivity index is 3.97. The van der Waals surface area contributed by atoms with Crippen molar-refractivity contribution in [1.29, 1.82) is 0 Å². The molecule has 4 N–H and O–H groups in total. The molecule has 5 nitrogen and oxygen atoms in total. The minimum Gasteiger partial charge on any atom is -0.409 e. The number of oxime groups is 1. The van der Waals surface area contributed by atoms with E-state index >= 15 is 0 Å². The van der Waals surface area contributed by atoms with Crippen molar-refractivity contribution in [3.8, 4) is 0 Å². The topological polar surface area (TPSA) is 95.9 Å². The van der Waals surface area contributed by atoms with Crippen molar-refractivity contribution < 1.29 is 14.7 Å². The molecule has 0 saturated heterocycles. The fourth-order valence-corrected chi connectivity index (χ4v) is 2.90. The van der Waals surface area contributed by atoms with Gasteiger partial charge in [-0.25, -0.2) is 0 Å². The van der Waals surface area contributed by atoms with Crippen LogP contribution >= 0.6 is 7.37 Å². The lowest BCUT2D eigenvalue weighted by molar-refractivity contribution is 0.317. The molecule has 0 aromatic rings. The van der Waals surface area contributed by atoms with E-state index in [1.54, 1.807) is 0 Å². The van der Waals surface area contributed by atoms with Gasteiger partial charge in [0.15, 0.2) is 0 Å². The van der Waals surface area contributed by atoms with Gasteiger partial charge in [-0.05, 0) is 5.92 Å². The van der Waals surface area contributed by atoms with Crippen molar-refractivity contribution in [3.63, 3.8) is 0 Å². The third-order valence-corrected chi connectivity index (χ3v) is 3.72. The Labute approximate surface area is 78.1 Å². The first-order valence-electron chi connectivity index (χ1n) is 4.14. The SMILES string of the molecule is CC(C)CP(=O)(O)CCC(N)=NO. The van der Waals surface area contributed by atoms with Crippen LogP contribution in [0.2, 0.25) is 0 Å². The molecule has 1 unspecified atom stereocenters. The predicted octanol–water partition coefficient (Wildman–Crippen LogP) is 1.05. The minimum absolute atomic E-state index is 0.00182. The van der Waals surface area contributed by atoms with Crippen LogP contribution in [0.1, 0.15) is 20.3 Å². The van der Waals surface area contributed by atoms with Gasteiger partial charge in [-0.3, -0.25) is 4.57 Å². The Bertz CT molecular complexity index is 228. The smallest absolute Gasteiger partial charge is 0.201 e. The van der Waals surface area contributed by atoms with Crippen LogP contribution in [0.25, 0.3) is 0 Å². The zero-order valence-electron chi connectivity index (χ0n) is 7.97. The van der Waals surface area contributed by atoms with Gasteiger partial charge in [0.05, 0.1) is 0 Å². The molecule has 0 aliphatic carbocycles. The molecule has 0 spiro atoms. The number of nitrogens with zero attached hydrogens (tertiary/aromatic N) is 1. The van der Waals surface area contributed by atoms with E-state index in [1.807, 2.05) is 13.8 Å². The Kier molecular flexibility index (Phi) is 5.03. The average molecular weight is 208 g/mol. The molecular formula is C7H17N2O3P. The molecule has 0 aliphatic rings.